The number of para-hydroxylation sites is 1. The van der Waals surface area contributed by atoms with Crippen LogP contribution in [-0.4, -0.2) is 12.4 Å². The molecule has 16 heavy (non-hydrogen) atoms. The van der Waals surface area contributed by atoms with Crippen molar-refractivity contribution in [2.45, 2.75) is 13.8 Å². The number of halogens is 1. The lowest BCUT2D eigenvalue weighted by molar-refractivity contribution is 0.296. The molecule has 0 saturated carbocycles. The molecule has 6 heteroatoms. The molecule has 1 unspecified atom stereocenters. The van der Waals surface area contributed by atoms with E-state index < -0.39 is 6.80 Å². The summed E-state index contributed by atoms with van der Waals surface area (Å²) in [6, 6.07) is 6.91. The van der Waals surface area contributed by atoms with Crippen LogP contribution in [0.4, 0.5) is 0 Å². The first-order valence-corrected chi connectivity index (χ1v) is 8.45. The van der Waals surface area contributed by atoms with E-state index in [1.807, 2.05) is 6.92 Å². The molecule has 0 saturated heterocycles. The Hall–Kier alpha value is -0.150. The molecule has 1 aromatic carbocycles. The smallest absolute Gasteiger partial charge is 0.415 e. The molecule has 0 bridgehead atoms. The van der Waals surface area contributed by atoms with Gasteiger partial charge in [-0.15, -0.1) is 0 Å². The fourth-order valence-corrected chi connectivity index (χ4v) is 4.37. The average Bonchev–Trinajstić information content (AvgIpc) is 2.22. The van der Waals surface area contributed by atoms with Crippen molar-refractivity contribution < 1.29 is 13.6 Å². The predicted octanol–water partition coefficient (Wildman–Crippen LogP) is 4.62. The Morgan fingerprint density at radius 1 is 1.38 bits per heavy atom. The van der Waals surface area contributed by atoms with Crippen LogP contribution in [0.2, 0.25) is 5.02 Å². The summed E-state index contributed by atoms with van der Waals surface area (Å²) in [6.45, 7) is 0.878. The van der Waals surface area contributed by atoms with E-state index >= 15 is 0 Å². The maximum atomic E-state index is 12.2. The van der Waals surface area contributed by atoms with Crippen molar-refractivity contribution in [2.75, 3.05) is 12.4 Å². The highest BCUT2D eigenvalue weighted by Gasteiger charge is 2.26. The molecule has 0 aliphatic heterocycles. The second kappa shape index (κ2) is 6.55. The third-order valence-electron chi connectivity index (χ3n) is 1.62. The summed E-state index contributed by atoms with van der Waals surface area (Å²) in [4.78, 5) is 0. The van der Waals surface area contributed by atoms with Gasteiger partial charge in [-0.1, -0.05) is 30.7 Å². The quantitative estimate of drug-likeness (QED) is 0.713. The first-order chi connectivity index (χ1) is 7.61. The summed E-state index contributed by atoms with van der Waals surface area (Å²) in [7, 11) is 0. The Morgan fingerprint density at radius 2 is 2.06 bits per heavy atom. The van der Waals surface area contributed by atoms with E-state index in [4.69, 9.17) is 20.6 Å². The number of hydrogen-bond donors (Lipinski definition) is 0. The Bertz CT molecular complexity index is 376. The van der Waals surface area contributed by atoms with Crippen LogP contribution in [-0.2, 0) is 9.09 Å². The van der Waals surface area contributed by atoms with Crippen LogP contribution < -0.4 is 4.52 Å². The minimum atomic E-state index is -3.14. The normalized spacial score (nSPS) is 14.4. The van der Waals surface area contributed by atoms with Crippen molar-refractivity contribution in [1.82, 2.24) is 0 Å². The summed E-state index contributed by atoms with van der Waals surface area (Å²) in [5, 5.41) is 0.430. The van der Waals surface area contributed by atoms with Gasteiger partial charge < -0.3 is 4.52 Å². The van der Waals surface area contributed by atoms with E-state index in [2.05, 4.69) is 0 Å². The average molecular weight is 281 g/mol. The molecule has 3 nitrogen and oxygen atoms in total. The summed E-state index contributed by atoms with van der Waals surface area (Å²) < 4.78 is 22.7. The Morgan fingerprint density at radius 3 is 2.62 bits per heavy atom. The minimum absolute atomic E-state index is 0.342. The third-order valence-corrected chi connectivity index (χ3v) is 5.77. The Labute approximate surface area is 105 Å². The van der Waals surface area contributed by atoms with Crippen molar-refractivity contribution >= 4 is 29.8 Å². The first kappa shape index (κ1) is 13.9. The first-order valence-electron chi connectivity index (χ1n) is 4.94. The summed E-state index contributed by atoms with van der Waals surface area (Å²) in [6.07, 6.45) is 0. The lowest BCUT2D eigenvalue weighted by Crippen LogP contribution is -1.95. The molecule has 0 heterocycles. The fourth-order valence-electron chi connectivity index (χ4n) is 1.05. The monoisotopic (exact) mass is 280 g/mol. The summed E-state index contributed by atoms with van der Waals surface area (Å²) >= 11 is 7.08. The SMILES string of the molecule is CCOP(=O)(Oc1ccccc1Cl)SCC. The van der Waals surface area contributed by atoms with Gasteiger partial charge in [0, 0.05) is 5.75 Å². The standard InChI is InChI=1S/C10H14ClO3PS/c1-3-13-15(12,16-4-2)14-10-8-6-5-7-9(10)11/h5-8H,3-4H2,1-2H3. The van der Waals surface area contributed by atoms with Gasteiger partial charge in [0.1, 0.15) is 5.75 Å². The van der Waals surface area contributed by atoms with Crippen LogP contribution in [0.25, 0.3) is 0 Å². The van der Waals surface area contributed by atoms with E-state index in [1.54, 1.807) is 31.2 Å². The van der Waals surface area contributed by atoms with E-state index in [0.29, 0.717) is 23.1 Å². The molecule has 0 N–H and O–H groups in total. The summed E-state index contributed by atoms with van der Waals surface area (Å²) in [5.41, 5.74) is 0. The molecular formula is C10H14ClO3PS. The lowest BCUT2D eigenvalue weighted by atomic mass is 10.3. The van der Waals surface area contributed by atoms with Gasteiger partial charge in [0.2, 0.25) is 0 Å². The van der Waals surface area contributed by atoms with Gasteiger partial charge in [0.05, 0.1) is 11.6 Å². The van der Waals surface area contributed by atoms with Crippen molar-refractivity contribution in [3.8, 4) is 5.75 Å². The van der Waals surface area contributed by atoms with Crippen LogP contribution in [0.3, 0.4) is 0 Å². The molecule has 0 fully saturated rings. The van der Waals surface area contributed by atoms with Crippen molar-refractivity contribution in [3.63, 3.8) is 0 Å². The maximum absolute atomic E-state index is 12.2. The molecule has 0 aromatic heterocycles. The molecule has 1 atom stereocenters. The molecule has 0 radical (unpaired) electrons. The Kier molecular flexibility index (Phi) is 5.70. The highest BCUT2D eigenvalue weighted by molar-refractivity contribution is 8.55. The molecule has 0 aliphatic rings. The second-order valence-corrected chi connectivity index (χ2v) is 7.50. The fraction of sp³-hybridized carbons (Fsp3) is 0.400. The van der Waals surface area contributed by atoms with Crippen molar-refractivity contribution in [2.24, 2.45) is 0 Å². The van der Waals surface area contributed by atoms with Gasteiger partial charge in [-0.05, 0) is 30.4 Å². The van der Waals surface area contributed by atoms with Gasteiger partial charge >= 0.3 is 6.80 Å². The zero-order valence-electron chi connectivity index (χ0n) is 9.18. The largest absolute Gasteiger partial charge is 0.440 e. The highest BCUT2D eigenvalue weighted by atomic mass is 35.5. The van der Waals surface area contributed by atoms with E-state index in [0.717, 1.165) is 11.4 Å². The van der Waals surface area contributed by atoms with Gasteiger partial charge in [-0.25, -0.2) is 4.57 Å². The van der Waals surface area contributed by atoms with E-state index in [-0.39, 0.29) is 0 Å². The van der Waals surface area contributed by atoms with Crippen molar-refractivity contribution in [3.05, 3.63) is 29.3 Å². The van der Waals surface area contributed by atoms with E-state index in [9.17, 15) is 4.57 Å². The number of rotatable bonds is 6. The maximum Gasteiger partial charge on any atom is 0.440 e. The Balaban J connectivity index is 2.83. The van der Waals surface area contributed by atoms with Gasteiger partial charge in [-0.3, -0.25) is 4.52 Å². The number of benzene rings is 1. The predicted molar refractivity (Wildman–Crippen MR) is 69.4 cm³/mol. The molecule has 0 aliphatic carbocycles. The molecule has 90 valence electrons. The van der Waals surface area contributed by atoms with Gasteiger partial charge in [-0.2, -0.15) is 0 Å². The van der Waals surface area contributed by atoms with Crippen LogP contribution in [0, 0.1) is 0 Å². The summed E-state index contributed by atoms with van der Waals surface area (Å²) in [5.74, 6) is 1.05. The van der Waals surface area contributed by atoms with Crippen molar-refractivity contribution in [1.29, 1.82) is 0 Å². The minimum Gasteiger partial charge on any atom is -0.415 e. The molecular weight excluding hydrogens is 267 g/mol. The van der Waals surface area contributed by atoms with Crippen LogP contribution in [0.15, 0.2) is 24.3 Å². The second-order valence-electron chi connectivity index (χ2n) is 2.80. The topological polar surface area (TPSA) is 35.5 Å². The molecule has 0 spiro atoms. The van der Waals surface area contributed by atoms with Crippen LogP contribution >= 0.6 is 29.8 Å². The molecule has 1 rings (SSSR count). The molecule has 0 amide bonds. The number of hydrogen-bond acceptors (Lipinski definition) is 4. The lowest BCUT2D eigenvalue weighted by Gasteiger charge is -2.17. The zero-order chi connectivity index (χ0) is 12.0. The van der Waals surface area contributed by atoms with Gasteiger partial charge in [0.15, 0.2) is 0 Å². The highest BCUT2D eigenvalue weighted by Crippen LogP contribution is 2.60. The molecule has 1 aromatic rings. The van der Waals surface area contributed by atoms with Gasteiger partial charge in [0.25, 0.3) is 0 Å². The third kappa shape index (κ3) is 4.02. The zero-order valence-corrected chi connectivity index (χ0v) is 11.6. The van der Waals surface area contributed by atoms with E-state index in [1.165, 1.54) is 0 Å². The van der Waals surface area contributed by atoms with Crippen LogP contribution in [0.1, 0.15) is 13.8 Å². The van der Waals surface area contributed by atoms with Crippen LogP contribution in [0.5, 0.6) is 5.75 Å².